The highest BCUT2D eigenvalue weighted by Crippen LogP contribution is 2.28. The summed E-state index contributed by atoms with van der Waals surface area (Å²) >= 11 is 0. The number of nitrogens with zero attached hydrogens (tertiary/aromatic N) is 5. The largest absolute Gasteiger partial charge is 0.354 e. The molecule has 0 aliphatic carbocycles. The first kappa shape index (κ1) is 33.9. The van der Waals surface area contributed by atoms with Crippen molar-refractivity contribution in [2.75, 3.05) is 64.8 Å². The van der Waals surface area contributed by atoms with E-state index >= 15 is 0 Å². The molecule has 0 bridgehead atoms. The zero-order valence-corrected chi connectivity index (χ0v) is 26.7. The number of carbonyl (C=O) groups is 3. The van der Waals surface area contributed by atoms with Crippen LogP contribution in [-0.2, 0) is 4.79 Å². The first-order chi connectivity index (χ1) is 20.9. The van der Waals surface area contributed by atoms with E-state index in [0.29, 0.717) is 26.2 Å². The van der Waals surface area contributed by atoms with Crippen LogP contribution in [0, 0.1) is 0 Å². The lowest BCUT2D eigenvalue weighted by molar-refractivity contribution is -0.127. The van der Waals surface area contributed by atoms with Crippen LogP contribution in [0.25, 0.3) is 0 Å². The van der Waals surface area contributed by atoms with Crippen molar-refractivity contribution >= 4 is 29.3 Å². The van der Waals surface area contributed by atoms with Crippen molar-refractivity contribution in [3.63, 3.8) is 0 Å². The number of piperazine rings is 1. The third kappa shape index (κ3) is 10.3. The predicted molar refractivity (Wildman–Crippen MR) is 175 cm³/mol. The molecule has 0 aromatic heterocycles. The number of para-hydroxylation sites is 2. The number of hydrogen-bond donors (Lipinski definition) is 1. The Bertz CT molecular complexity index is 1060. The van der Waals surface area contributed by atoms with Crippen LogP contribution in [0.4, 0.5) is 21.0 Å². The summed E-state index contributed by atoms with van der Waals surface area (Å²) < 4.78 is 0. The molecule has 0 spiro atoms. The molecule has 1 unspecified atom stereocenters. The third-order valence-electron chi connectivity index (χ3n) is 7.83. The molecule has 1 atom stereocenters. The van der Waals surface area contributed by atoms with Gasteiger partial charge in [0.25, 0.3) is 0 Å². The van der Waals surface area contributed by atoms with Gasteiger partial charge < -0.3 is 24.9 Å². The van der Waals surface area contributed by atoms with Crippen molar-refractivity contribution in [3.05, 3.63) is 60.7 Å². The average molecular weight is 593 g/mol. The van der Waals surface area contributed by atoms with Crippen molar-refractivity contribution in [1.29, 1.82) is 0 Å². The molecule has 0 radical (unpaired) electrons. The SMILES string of the molecule is CCCCCN(CCCCC)C(=O)N1CCN(C(=O)N(c2ccccc2)c2ccccc2)C(C(=O)NCCCN(C)C)C1. The van der Waals surface area contributed by atoms with Crippen LogP contribution in [0.2, 0.25) is 0 Å². The molecule has 2 aromatic rings. The number of benzene rings is 2. The van der Waals surface area contributed by atoms with Crippen molar-refractivity contribution < 1.29 is 14.4 Å². The van der Waals surface area contributed by atoms with Gasteiger partial charge in [0.05, 0.1) is 17.9 Å². The Balaban J connectivity index is 1.86. The highest BCUT2D eigenvalue weighted by molar-refractivity contribution is 6.01. The summed E-state index contributed by atoms with van der Waals surface area (Å²) in [5.41, 5.74) is 1.45. The molecule has 1 N–H and O–H groups in total. The van der Waals surface area contributed by atoms with Gasteiger partial charge in [-0.15, -0.1) is 0 Å². The van der Waals surface area contributed by atoms with Gasteiger partial charge in [-0.3, -0.25) is 9.69 Å². The molecule has 3 rings (SSSR count). The Kier molecular flexibility index (Phi) is 14.3. The van der Waals surface area contributed by atoms with Gasteiger partial charge in [-0.25, -0.2) is 9.59 Å². The maximum Gasteiger partial charge on any atom is 0.329 e. The van der Waals surface area contributed by atoms with Crippen molar-refractivity contribution in [2.24, 2.45) is 0 Å². The molecule has 1 aliphatic heterocycles. The van der Waals surface area contributed by atoms with Crippen LogP contribution in [0.1, 0.15) is 58.8 Å². The van der Waals surface area contributed by atoms with Crippen molar-refractivity contribution in [1.82, 2.24) is 24.9 Å². The molecule has 1 aliphatic rings. The fraction of sp³-hybridized carbons (Fsp3) is 0.559. The lowest BCUT2D eigenvalue weighted by atomic mass is 10.1. The van der Waals surface area contributed by atoms with Crippen LogP contribution in [-0.4, -0.2) is 104 Å². The van der Waals surface area contributed by atoms with Gasteiger partial charge in [-0.2, -0.15) is 0 Å². The monoisotopic (exact) mass is 592 g/mol. The molecule has 1 heterocycles. The zero-order valence-electron chi connectivity index (χ0n) is 26.7. The first-order valence-electron chi connectivity index (χ1n) is 16.0. The van der Waals surface area contributed by atoms with E-state index in [1.807, 2.05) is 79.7 Å². The molecular formula is C34H52N6O3. The van der Waals surface area contributed by atoms with Crippen molar-refractivity contribution in [3.8, 4) is 0 Å². The van der Waals surface area contributed by atoms with Crippen molar-refractivity contribution in [2.45, 2.75) is 64.8 Å². The number of urea groups is 2. The molecule has 0 saturated carbocycles. The number of carbonyl (C=O) groups excluding carboxylic acids is 3. The summed E-state index contributed by atoms with van der Waals surface area (Å²) in [7, 11) is 4.00. The topological polar surface area (TPSA) is 79.4 Å². The molecule has 2 aromatic carbocycles. The number of anilines is 2. The minimum Gasteiger partial charge on any atom is -0.354 e. The fourth-order valence-electron chi connectivity index (χ4n) is 5.40. The van der Waals surface area contributed by atoms with Crippen LogP contribution in [0.5, 0.6) is 0 Å². The molecule has 236 valence electrons. The second-order valence-corrected chi connectivity index (χ2v) is 11.6. The quantitative estimate of drug-likeness (QED) is 0.265. The highest BCUT2D eigenvalue weighted by atomic mass is 16.2. The van der Waals surface area contributed by atoms with Gasteiger partial charge >= 0.3 is 12.1 Å². The van der Waals surface area contributed by atoms with Gasteiger partial charge in [0, 0.05) is 32.7 Å². The lowest BCUT2D eigenvalue weighted by Gasteiger charge is -2.43. The number of hydrogen-bond acceptors (Lipinski definition) is 4. The Labute approximate surface area is 258 Å². The zero-order chi connectivity index (χ0) is 31.0. The maximum atomic E-state index is 14.3. The van der Waals surface area contributed by atoms with Gasteiger partial charge in [0.15, 0.2) is 0 Å². The maximum absolute atomic E-state index is 14.3. The number of unbranched alkanes of at least 4 members (excludes halogenated alkanes) is 4. The van der Waals surface area contributed by atoms with Crippen LogP contribution >= 0.6 is 0 Å². The van der Waals surface area contributed by atoms with Gasteiger partial charge in [-0.05, 0) is 64.2 Å². The smallest absolute Gasteiger partial charge is 0.329 e. The molecule has 5 amide bonds. The van der Waals surface area contributed by atoms with Gasteiger partial charge in [0.2, 0.25) is 5.91 Å². The third-order valence-corrected chi connectivity index (χ3v) is 7.83. The van der Waals surface area contributed by atoms with E-state index in [2.05, 4.69) is 24.1 Å². The van der Waals surface area contributed by atoms with E-state index in [-0.39, 0.29) is 31.1 Å². The minimum absolute atomic E-state index is 0.0345. The normalized spacial score (nSPS) is 15.0. The number of nitrogens with one attached hydrogen (secondary N) is 1. The Morgan fingerprint density at radius 3 is 1.81 bits per heavy atom. The molecule has 1 saturated heterocycles. The van der Waals surface area contributed by atoms with E-state index < -0.39 is 6.04 Å². The fourth-order valence-corrected chi connectivity index (χ4v) is 5.40. The number of amides is 5. The van der Waals surface area contributed by atoms with E-state index in [1.54, 1.807) is 14.7 Å². The second kappa shape index (κ2) is 18.2. The summed E-state index contributed by atoms with van der Waals surface area (Å²) in [6, 6.07) is 17.9. The van der Waals surface area contributed by atoms with Gasteiger partial charge in [0.1, 0.15) is 6.04 Å². The van der Waals surface area contributed by atoms with Crippen LogP contribution in [0.15, 0.2) is 60.7 Å². The van der Waals surface area contributed by atoms with Gasteiger partial charge in [-0.1, -0.05) is 75.9 Å². The minimum atomic E-state index is -0.799. The van der Waals surface area contributed by atoms with Crippen LogP contribution in [0.3, 0.4) is 0 Å². The standard InChI is InChI=1S/C34H52N6O3/c1-5-7-15-24-37(25-16-8-6-2)33(42)38-26-27-39(31(28-38)32(41)35-22-17-23-36(3)4)34(43)40(29-18-11-9-12-19-29)30-20-13-10-14-21-30/h9-14,18-21,31H,5-8,15-17,22-28H2,1-4H3,(H,35,41). The predicted octanol–water partition coefficient (Wildman–Crippen LogP) is 5.80. The average Bonchev–Trinajstić information content (AvgIpc) is 3.03. The molecule has 9 nitrogen and oxygen atoms in total. The highest BCUT2D eigenvalue weighted by Gasteiger charge is 2.40. The second-order valence-electron chi connectivity index (χ2n) is 11.6. The Hall–Kier alpha value is -3.59. The van der Waals surface area contributed by atoms with E-state index in [4.69, 9.17) is 0 Å². The molecule has 1 fully saturated rings. The summed E-state index contributed by atoms with van der Waals surface area (Å²) in [4.78, 5) is 51.0. The van der Waals surface area contributed by atoms with E-state index in [0.717, 1.165) is 62.9 Å². The Morgan fingerprint density at radius 2 is 1.30 bits per heavy atom. The Morgan fingerprint density at radius 1 is 0.744 bits per heavy atom. The first-order valence-corrected chi connectivity index (χ1v) is 16.0. The van der Waals surface area contributed by atoms with E-state index in [1.165, 1.54) is 0 Å². The summed E-state index contributed by atoms with van der Waals surface area (Å²) in [5.74, 6) is -0.228. The summed E-state index contributed by atoms with van der Waals surface area (Å²) in [5, 5.41) is 3.05. The summed E-state index contributed by atoms with van der Waals surface area (Å²) in [6.07, 6.45) is 7.06. The molecular weight excluding hydrogens is 540 g/mol. The molecule has 43 heavy (non-hydrogen) atoms. The number of rotatable bonds is 15. The molecule has 9 heteroatoms. The summed E-state index contributed by atoms with van der Waals surface area (Å²) in [6.45, 7) is 7.92. The van der Waals surface area contributed by atoms with E-state index in [9.17, 15) is 14.4 Å². The lowest BCUT2D eigenvalue weighted by Crippen LogP contribution is -2.64. The van der Waals surface area contributed by atoms with Crippen LogP contribution < -0.4 is 10.2 Å².